The van der Waals surface area contributed by atoms with E-state index in [9.17, 15) is 9.13 Å². The van der Waals surface area contributed by atoms with Gasteiger partial charge < -0.3 is 19.6 Å². The summed E-state index contributed by atoms with van der Waals surface area (Å²) < 4.78 is 23.5. The molecule has 0 unspecified atom stereocenters. The lowest BCUT2D eigenvalue weighted by Crippen LogP contribution is -2.33. The van der Waals surface area contributed by atoms with Gasteiger partial charge in [-0.05, 0) is 30.6 Å². The van der Waals surface area contributed by atoms with Gasteiger partial charge in [0, 0.05) is 31.3 Å². The van der Waals surface area contributed by atoms with Gasteiger partial charge in [0.1, 0.15) is 6.54 Å². The molecule has 0 spiro atoms. The van der Waals surface area contributed by atoms with Crippen molar-refractivity contribution < 1.29 is 33.3 Å². The van der Waals surface area contributed by atoms with Crippen LogP contribution in [0.1, 0.15) is 25.3 Å². The molecule has 150 valence electrons. The summed E-state index contributed by atoms with van der Waals surface area (Å²) in [4.78, 5) is 39.5. The van der Waals surface area contributed by atoms with E-state index in [1.807, 2.05) is 54.2 Å². The number of nitrogens with zero attached hydrogens (tertiary/aromatic N) is 2. The molecular formula is C17H27N2O6P2+. The average Bonchev–Trinajstić information content (AvgIpc) is 2.55. The zero-order valence-electron chi connectivity index (χ0n) is 15.3. The van der Waals surface area contributed by atoms with Gasteiger partial charge in [-0.2, -0.15) is 0 Å². The maximum atomic E-state index is 10.9. The topological polar surface area (TPSA) is 131 Å². The molecule has 8 nitrogen and oxygen atoms in total. The molecule has 10 heteroatoms. The first-order chi connectivity index (χ1) is 12.6. The second kappa shape index (κ2) is 11.4. The third-order valence-corrected chi connectivity index (χ3v) is 5.33. The maximum Gasteiger partial charge on any atom is 0.325 e. The number of aliphatic imine (C=N–C) groups is 1. The van der Waals surface area contributed by atoms with Crippen LogP contribution in [0.3, 0.4) is 0 Å². The molecule has 0 radical (unpaired) electrons. The lowest BCUT2D eigenvalue weighted by molar-refractivity contribution is -0.696. The molecular weight excluding hydrogens is 390 g/mol. The largest absolute Gasteiger partial charge is 0.325 e. The summed E-state index contributed by atoms with van der Waals surface area (Å²) in [5, 5.41) is 0. The summed E-state index contributed by atoms with van der Waals surface area (Å²) in [5.41, 5.74) is 1.89. The maximum absolute atomic E-state index is 10.9. The minimum absolute atomic E-state index is 0.135. The van der Waals surface area contributed by atoms with Crippen molar-refractivity contribution >= 4 is 27.0 Å². The van der Waals surface area contributed by atoms with Crippen LogP contribution >= 0.6 is 15.2 Å². The van der Waals surface area contributed by atoms with Crippen LogP contribution in [0, 0.1) is 0 Å². The first kappa shape index (κ1) is 23.6. The average molecular weight is 417 g/mol. The molecule has 0 amide bonds. The lowest BCUT2D eigenvalue weighted by Gasteiger charge is -2.03. The van der Waals surface area contributed by atoms with Gasteiger partial charge in [-0.15, -0.1) is 0 Å². The molecule has 0 aliphatic rings. The van der Waals surface area contributed by atoms with Gasteiger partial charge in [0.05, 0.1) is 12.3 Å². The molecule has 0 atom stereocenters. The van der Waals surface area contributed by atoms with Crippen LogP contribution in [-0.4, -0.2) is 44.7 Å². The van der Waals surface area contributed by atoms with Crippen LogP contribution in [0.2, 0.25) is 0 Å². The molecule has 0 saturated carbocycles. The molecule has 1 rings (SSSR count). The number of aryl methyl sites for hydroxylation is 1. The SMILES string of the molecule is C\C=C/C(=C\C=N\CCCP(=O)(O)O)c1cc[n+](CCCP(=O)(O)O)cc1. The normalized spacial score (nSPS) is 13.7. The van der Waals surface area contributed by atoms with Crippen molar-refractivity contribution in [1.82, 2.24) is 0 Å². The zero-order valence-corrected chi connectivity index (χ0v) is 17.0. The highest BCUT2D eigenvalue weighted by Crippen LogP contribution is 2.35. The number of pyridine rings is 1. The predicted octanol–water partition coefficient (Wildman–Crippen LogP) is 2.14. The Labute approximate surface area is 159 Å². The van der Waals surface area contributed by atoms with E-state index in [-0.39, 0.29) is 12.3 Å². The van der Waals surface area contributed by atoms with Crippen LogP contribution in [0.4, 0.5) is 0 Å². The van der Waals surface area contributed by atoms with Gasteiger partial charge in [0.25, 0.3) is 0 Å². The van der Waals surface area contributed by atoms with E-state index in [1.54, 1.807) is 6.21 Å². The molecule has 0 aliphatic carbocycles. The highest BCUT2D eigenvalue weighted by Gasteiger charge is 2.13. The minimum Gasteiger partial charge on any atom is -0.324 e. The monoisotopic (exact) mass is 417 g/mol. The summed E-state index contributed by atoms with van der Waals surface area (Å²) in [7, 11) is -7.92. The Kier molecular flexibility index (Phi) is 10.0. The summed E-state index contributed by atoms with van der Waals surface area (Å²) >= 11 is 0. The second-order valence-corrected chi connectivity index (χ2v) is 9.54. The molecule has 0 saturated heterocycles. The summed E-state index contributed by atoms with van der Waals surface area (Å²) in [6.45, 7) is 2.77. The van der Waals surface area contributed by atoms with Crippen molar-refractivity contribution in [2.24, 2.45) is 4.99 Å². The first-order valence-corrected chi connectivity index (χ1v) is 12.1. The van der Waals surface area contributed by atoms with Crippen molar-refractivity contribution in [3.8, 4) is 0 Å². The third-order valence-electron chi connectivity index (χ3n) is 3.53. The Morgan fingerprint density at radius 3 is 2.22 bits per heavy atom. The lowest BCUT2D eigenvalue weighted by atomic mass is 10.1. The Morgan fingerprint density at radius 1 is 1.07 bits per heavy atom. The van der Waals surface area contributed by atoms with E-state index in [4.69, 9.17) is 19.6 Å². The molecule has 0 aromatic carbocycles. The van der Waals surface area contributed by atoms with Gasteiger partial charge in [0.2, 0.25) is 0 Å². The van der Waals surface area contributed by atoms with Crippen molar-refractivity contribution in [1.29, 1.82) is 0 Å². The van der Waals surface area contributed by atoms with Gasteiger partial charge in [-0.1, -0.05) is 12.2 Å². The fourth-order valence-corrected chi connectivity index (χ4v) is 3.37. The number of allylic oxidation sites excluding steroid dienone is 4. The van der Waals surface area contributed by atoms with Crippen molar-refractivity contribution in [3.63, 3.8) is 0 Å². The smallest absolute Gasteiger partial charge is 0.324 e. The fraction of sp³-hybridized carbons (Fsp3) is 0.412. The van der Waals surface area contributed by atoms with E-state index in [0.717, 1.165) is 11.1 Å². The van der Waals surface area contributed by atoms with Crippen molar-refractivity contribution in [3.05, 3.63) is 48.3 Å². The predicted molar refractivity (Wildman–Crippen MR) is 106 cm³/mol. The first-order valence-electron chi connectivity index (χ1n) is 8.52. The standard InChI is InChI=1S/C17H26N2O6P2/c1-2-5-16(6-10-18-9-3-14-26(20,21)22)17-7-12-19(13-8-17)11-4-15-27(23,24)25/h2,5-8,10,12-13H,3-4,9,11,14-15H2,1H3,(H3-,20,21,22,23,24,25)/p+1/b5-2-,16-6+,18-10+. The fourth-order valence-electron chi connectivity index (χ4n) is 2.26. The highest BCUT2D eigenvalue weighted by molar-refractivity contribution is 7.52. The van der Waals surface area contributed by atoms with Crippen LogP contribution in [-0.2, 0) is 15.7 Å². The Bertz CT molecular complexity index is 762. The van der Waals surface area contributed by atoms with Gasteiger partial charge >= 0.3 is 15.2 Å². The molecule has 1 aromatic rings. The van der Waals surface area contributed by atoms with Crippen LogP contribution < -0.4 is 4.57 Å². The van der Waals surface area contributed by atoms with E-state index >= 15 is 0 Å². The zero-order chi connectivity index (χ0) is 20.3. The van der Waals surface area contributed by atoms with Crippen LogP contribution in [0.5, 0.6) is 0 Å². The molecule has 1 heterocycles. The van der Waals surface area contributed by atoms with Crippen molar-refractivity contribution in [2.75, 3.05) is 18.9 Å². The number of aromatic nitrogens is 1. The number of hydrogen-bond acceptors (Lipinski definition) is 3. The Hall–Kier alpha value is -1.40. The van der Waals surface area contributed by atoms with Crippen molar-refractivity contribution in [2.45, 2.75) is 26.3 Å². The van der Waals surface area contributed by atoms with E-state index in [1.165, 1.54) is 0 Å². The number of hydrogen-bond donors (Lipinski definition) is 4. The van der Waals surface area contributed by atoms with E-state index in [0.29, 0.717) is 25.9 Å². The van der Waals surface area contributed by atoms with E-state index in [2.05, 4.69) is 4.99 Å². The molecule has 0 aliphatic heterocycles. The van der Waals surface area contributed by atoms with Gasteiger partial charge in [-0.3, -0.25) is 14.1 Å². The van der Waals surface area contributed by atoms with Gasteiger partial charge in [0.15, 0.2) is 12.4 Å². The molecule has 27 heavy (non-hydrogen) atoms. The molecule has 4 N–H and O–H groups in total. The van der Waals surface area contributed by atoms with E-state index < -0.39 is 15.2 Å². The molecule has 0 fully saturated rings. The van der Waals surface area contributed by atoms with Crippen LogP contribution in [0.15, 0.2) is 47.7 Å². The highest BCUT2D eigenvalue weighted by atomic mass is 31.2. The third kappa shape index (κ3) is 11.8. The molecule has 0 bridgehead atoms. The Morgan fingerprint density at radius 2 is 1.67 bits per heavy atom. The quantitative estimate of drug-likeness (QED) is 0.143. The summed E-state index contributed by atoms with van der Waals surface area (Å²) in [5.74, 6) is 0. The van der Waals surface area contributed by atoms with Crippen LogP contribution in [0.25, 0.3) is 5.57 Å². The Balaban J connectivity index is 2.65. The summed E-state index contributed by atoms with van der Waals surface area (Å²) in [6, 6.07) is 3.82. The van der Waals surface area contributed by atoms with Gasteiger partial charge in [-0.25, -0.2) is 4.57 Å². The number of rotatable bonds is 11. The minimum atomic E-state index is -3.96. The second-order valence-electron chi connectivity index (χ2n) is 5.99. The summed E-state index contributed by atoms with van der Waals surface area (Å²) in [6.07, 6.45) is 11.4. The molecule has 1 aromatic heterocycles.